The van der Waals surface area contributed by atoms with Crippen LogP contribution < -0.4 is 5.32 Å². The van der Waals surface area contributed by atoms with Crippen LogP contribution >= 0.6 is 11.3 Å². The Morgan fingerprint density at radius 3 is 2.86 bits per heavy atom. The first-order valence-electron chi connectivity index (χ1n) is 8.11. The highest BCUT2D eigenvalue weighted by molar-refractivity contribution is 7.12. The third-order valence-corrected chi connectivity index (χ3v) is 6.31. The minimum Gasteiger partial charge on any atom is -0.305 e. The summed E-state index contributed by atoms with van der Waals surface area (Å²) < 4.78 is 0. The molecule has 1 atom stereocenters. The van der Waals surface area contributed by atoms with Gasteiger partial charge in [0.1, 0.15) is 5.01 Å². The molecule has 3 heteroatoms. The van der Waals surface area contributed by atoms with Gasteiger partial charge in [-0.15, -0.1) is 11.3 Å². The van der Waals surface area contributed by atoms with Crippen molar-refractivity contribution >= 4 is 11.3 Å². The first kappa shape index (κ1) is 13.5. The molecule has 1 unspecified atom stereocenters. The van der Waals surface area contributed by atoms with Crippen LogP contribution in [0.1, 0.15) is 46.5 Å². The first-order chi connectivity index (χ1) is 10.3. The smallest absolute Gasteiger partial charge is 0.114 e. The number of nitrogens with one attached hydrogen (secondary N) is 1. The molecular weight excluding hydrogens is 276 g/mol. The van der Waals surface area contributed by atoms with Crippen LogP contribution in [0.3, 0.4) is 0 Å². The van der Waals surface area contributed by atoms with Crippen LogP contribution in [0.25, 0.3) is 0 Å². The molecule has 110 valence electrons. The van der Waals surface area contributed by atoms with Crippen LogP contribution in [0, 0.1) is 0 Å². The lowest BCUT2D eigenvalue weighted by atomic mass is 9.78. The zero-order chi connectivity index (χ0) is 14.3. The Balaban J connectivity index is 1.73. The second kappa shape index (κ2) is 5.22. The molecule has 2 aromatic rings. The molecule has 4 rings (SSSR count). The van der Waals surface area contributed by atoms with E-state index in [0.717, 1.165) is 19.4 Å². The Morgan fingerprint density at radius 2 is 2.05 bits per heavy atom. The number of likely N-dealkylation sites (N-methyl/N-ethyl adjacent to an activating group) is 1. The average Bonchev–Trinajstić information content (AvgIpc) is 3.09. The molecule has 0 bridgehead atoms. The quantitative estimate of drug-likeness (QED) is 0.936. The van der Waals surface area contributed by atoms with Gasteiger partial charge in [0.2, 0.25) is 0 Å². The topological polar surface area (TPSA) is 24.9 Å². The van der Waals surface area contributed by atoms with E-state index in [2.05, 4.69) is 36.5 Å². The fourth-order valence-electron chi connectivity index (χ4n) is 3.88. The number of aromatic nitrogens is 1. The summed E-state index contributed by atoms with van der Waals surface area (Å²) in [5, 5.41) is 5.13. The molecule has 2 aliphatic rings. The molecule has 0 saturated carbocycles. The molecule has 0 fully saturated rings. The highest BCUT2D eigenvalue weighted by Gasteiger charge is 2.38. The van der Waals surface area contributed by atoms with Crippen molar-refractivity contribution in [2.45, 2.75) is 51.0 Å². The first-order valence-corrected chi connectivity index (χ1v) is 8.93. The molecule has 0 spiro atoms. The fourth-order valence-corrected chi connectivity index (χ4v) is 5.22. The van der Waals surface area contributed by atoms with Crippen molar-refractivity contribution in [3.05, 3.63) is 51.0 Å². The highest BCUT2D eigenvalue weighted by Crippen LogP contribution is 2.40. The summed E-state index contributed by atoms with van der Waals surface area (Å²) in [6.45, 7) is 3.22. The molecule has 1 heterocycles. The maximum atomic E-state index is 5.03. The lowest BCUT2D eigenvalue weighted by Crippen LogP contribution is -2.46. The van der Waals surface area contributed by atoms with Gasteiger partial charge < -0.3 is 5.32 Å². The lowest BCUT2D eigenvalue weighted by molar-refractivity contribution is 0.296. The molecule has 1 aromatic heterocycles. The largest absolute Gasteiger partial charge is 0.305 e. The van der Waals surface area contributed by atoms with Crippen LogP contribution in [0.15, 0.2) is 24.3 Å². The molecular formula is C18H22N2S. The van der Waals surface area contributed by atoms with E-state index in [1.54, 1.807) is 4.88 Å². The van der Waals surface area contributed by atoms with E-state index in [-0.39, 0.29) is 5.54 Å². The van der Waals surface area contributed by atoms with Crippen LogP contribution in [-0.4, -0.2) is 11.5 Å². The number of hydrogen-bond donors (Lipinski definition) is 1. The number of nitrogens with zero attached hydrogens (tertiary/aromatic N) is 1. The van der Waals surface area contributed by atoms with E-state index < -0.39 is 0 Å². The van der Waals surface area contributed by atoms with Gasteiger partial charge in [-0.05, 0) is 56.2 Å². The SMILES string of the molecule is CCNC1(c2nc3c(s2)CCC3)CCc2ccccc2C1. The van der Waals surface area contributed by atoms with Gasteiger partial charge in [-0.1, -0.05) is 31.2 Å². The summed E-state index contributed by atoms with van der Waals surface area (Å²) in [4.78, 5) is 6.58. The normalized spacial score (nSPS) is 23.9. The summed E-state index contributed by atoms with van der Waals surface area (Å²) in [7, 11) is 0. The van der Waals surface area contributed by atoms with E-state index in [0.29, 0.717) is 0 Å². The molecule has 2 aliphatic carbocycles. The lowest BCUT2D eigenvalue weighted by Gasteiger charge is -2.37. The van der Waals surface area contributed by atoms with Gasteiger partial charge in [0, 0.05) is 4.88 Å². The Bertz CT molecular complexity index is 639. The summed E-state index contributed by atoms with van der Waals surface area (Å²) in [5.74, 6) is 0. The third kappa shape index (κ3) is 2.23. The Morgan fingerprint density at radius 1 is 1.19 bits per heavy atom. The van der Waals surface area contributed by atoms with Crippen LogP contribution in [-0.2, 0) is 31.2 Å². The van der Waals surface area contributed by atoms with E-state index in [9.17, 15) is 0 Å². The van der Waals surface area contributed by atoms with Crippen molar-refractivity contribution in [2.75, 3.05) is 6.54 Å². The molecule has 1 N–H and O–H groups in total. The number of rotatable bonds is 3. The fraction of sp³-hybridized carbons (Fsp3) is 0.500. The summed E-state index contributed by atoms with van der Waals surface area (Å²) in [6.07, 6.45) is 7.14. The molecule has 21 heavy (non-hydrogen) atoms. The number of benzene rings is 1. The van der Waals surface area contributed by atoms with Crippen molar-refractivity contribution in [3.8, 4) is 0 Å². The molecule has 2 nitrogen and oxygen atoms in total. The maximum absolute atomic E-state index is 5.03. The van der Waals surface area contributed by atoms with E-state index in [1.807, 2.05) is 11.3 Å². The van der Waals surface area contributed by atoms with Crippen molar-refractivity contribution in [1.82, 2.24) is 10.3 Å². The number of fused-ring (bicyclic) bond motifs is 2. The average molecular weight is 298 g/mol. The molecule has 0 amide bonds. The molecule has 0 radical (unpaired) electrons. The van der Waals surface area contributed by atoms with Crippen LogP contribution in [0.5, 0.6) is 0 Å². The second-order valence-corrected chi connectivity index (χ2v) is 7.38. The molecule has 0 aliphatic heterocycles. The van der Waals surface area contributed by atoms with Gasteiger partial charge in [0.25, 0.3) is 0 Å². The predicted octanol–water partition coefficient (Wildman–Crippen LogP) is 3.63. The minimum absolute atomic E-state index is 0.0676. The highest BCUT2D eigenvalue weighted by atomic mass is 32.1. The monoisotopic (exact) mass is 298 g/mol. The zero-order valence-electron chi connectivity index (χ0n) is 12.6. The van der Waals surface area contributed by atoms with Crippen molar-refractivity contribution in [3.63, 3.8) is 0 Å². The number of hydrogen-bond acceptors (Lipinski definition) is 3. The second-order valence-electron chi connectivity index (χ2n) is 6.30. The van der Waals surface area contributed by atoms with Crippen LogP contribution in [0.4, 0.5) is 0 Å². The summed E-state index contributed by atoms with van der Waals surface area (Å²) in [6, 6.07) is 8.91. The number of thiazole rings is 1. The van der Waals surface area contributed by atoms with Crippen LogP contribution in [0.2, 0.25) is 0 Å². The third-order valence-electron chi connectivity index (χ3n) is 4.95. The van der Waals surface area contributed by atoms with Gasteiger partial charge in [0.15, 0.2) is 0 Å². The summed E-state index contributed by atoms with van der Waals surface area (Å²) >= 11 is 1.97. The van der Waals surface area contributed by atoms with E-state index in [1.165, 1.54) is 47.5 Å². The van der Waals surface area contributed by atoms with Gasteiger partial charge >= 0.3 is 0 Å². The maximum Gasteiger partial charge on any atom is 0.114 e. The molecule has 1 aromatic carbocycles. The zero-order valence-corrected chi connectivity index (χ0v) is 13.4. The van der Waals surface area contributed by atoms with Gasteiger partial charge in [-0.2, -0.15) is 0 Å². The van der Waals surface area contributed by atoms with Gasteiger partial charge in [-0.25, -0.2) is 4.98 Å². The Kier molecular flexibility index (Phi) is 3.35. The Hall–Kier alpha value is -1.19. The van der Waals surface area contributed by atoms with Crippen molar-refractivity contribution in [2.24, 2.45) is 0 Å². The predicted molar refractivity (Wildman–Crippen MR) is 88.0 cm³/mol. The van der Waals surface area contributed by atoms with Gasteiger partial charge in [0.05, 0.1) is 11.2 Å². The molecule has 0 saturated heterocycles. The minimum atomic E-state index is 0.0676. The van der Waals surface area contributed by atoms with Gasteiger partial charge in [-0.3, -0.25) is 0 Å². The van der Waals surface area contributed by atoms with E-state index in [4.69, 9.17) is 4.98 Å². The Labute approximate surface area is 130 Å². The standard InChI is InChI=1S/C18H22N2S/c1-2-19-18(17-20-15-8-5-9-16(15)21-17)11-10-13-6-3-4-7-14(13)12-18/h3-4,6-7,19H,2,5,8-12H2,1H3. The van der Waals surface area contributed by atoms with Crippen molar-refractivity contribution in [1.29, 1.82) is 0 Å². The van der Waals surface area contributed by atoms with E-state index >= 15 is 0 Å². The number of aryl methyl sites for hydroxylation is 3. The summed E-state index contributed by atoms with van der Waals surface area (Å²) in [5.41, 5.74) is 4.47. The van der Waals surface area contributed by atoms with Crippen molar-refractivity contribution < 1.29 is 0 Å².